The van der Waals surface area contributed by atoms with Crippen LogP contribution in [0.2, 0.25) is 0 Å². The molecule has 1 atom stereocenters. The minimum Gasteiger partial charge on any atom is -0.480 e. The zero-order valence-corrected chi connectivity index (χ0v) is 6.90. The Hall–Kier alpha value is -1.68. The van der Waals surface area contributed by atoms with Crippen LogP contribution in [0, 0.1) is 5.41 Å². The molecule has 1 aromatic carbocycles. The fourth-order valence-electron chi connectivity index (χ4n) is 0.921. The Bertz CT molecular complexity index is 322. The van der Waals surface area contributed by atoms with Gasteiger partial charge in [0.1, 0.15) is 6.04 Å². The van der Waals surface area contributed by atoms with Crippen molar-refractivity contribution >= 4 is 11.7 Å². The average Bonchev–Trinajstić information content (AvgIpc) is 2.17. The molecule has 0 bridgehead atoms. The first-order chi connectivity index (χ1) is 6.13. The first kappa shape index (κ1) is 9.41. The Balaban J connectivity index is 2.86. The van der Waals surface area contributed by atoms with Gasteiger partial charge in [-0.15, -0.1) is 0 Å². The fourth-order valence-corrected chi connectivity index (χ4v) is 0.921. The largest absolute Gasteiger partial charge is 0.480 e. The molecule has 0 radical (unpaired) electrons. The van der Waals surface area contributed by atoms with E-state index >= 15 is 0 Å². The highest BCUT2D eigenvalue weighted by Crippen LogP contribution is 2.01. The van der Waals surface area contributed by atoms with Gasteiger partial charge < -0.3 is 16.2 Å². The number of carboxylic acid groups (broad SMARTS) is 1. The third-order valence-corrected chi connectivity index (χ3v) is 1.66. The van der Waals surface area contributed by atoms with Gasteiger partial charge in [0.15, 0.2) is 0 Å². The van der Waals surface area contributed by atoms with Gasteiger partial charge in [0.2, 0.25) is 0 Å². The number of rotatable bonds is 3. The molecule has 0 heterocycles. The van der Waals surface area contributed by atoms with Gasteiger partial charge in [0.05, 0.1) is 5.71 Å². The lowest BCUT2D eigenvalue weighted by molar-refractivity contribution is -0.136. The predicted molar refractivity (Wildman–Crippen MR) is 48.9 cm³/mol. The summed E-state index contributed by atoms with van der Waals surface area (Å²) in [5.41, 5.74) is 5.73. The van der Waals surface area contributed by atoms with Crippen molar-refractivity contribution in [1.29, 1.82) is 5.41 Å². The molecule has 0 spiro atoms. The number of aliphatic carboxylic acids is 1. The van der Waals surface area contributed by atoms with Crippen molar-refractivity contribution in [2.75, 3.05) is 0 Å². The number of hydrogen-bond acceptors (Lipinski definition) is 3. The molecule has 4 heteroatoms. The molecule has 0 aromatic heterocycles. The van der Waals surface area contributed by atoms with E-state index in [4.69, 9.17) is 16.2 Å². The highest BCUT2D eigenvalue weighted by molar-refractivity contribution is 6.12. The SMILES string of the molecule is N=C(c1ccccc1)C(N)C(=O)O. The van der Waals surface area contributed by atoms with Crippen molar-refractivity contribution in [3.05, 3.63) is 35.9 Å². The van der Waals surface area contributed by atoms with E-state index in [-0.39, 0.29) is 5.71 Å². The Morgan fingerprint density at radius 1 is 1.38 bits per heavy atom. The van der Waals surface area contributed by atoms with Crippen molar-refractivity contribution in [2.24, 2.45) is 5.73 Å². The molecule has 13 heavy (non-hydrogen) atoms. The predicted octanol–water partition coefficient (Wildman–Crippen LogP) is 0.466. The zero-order chi connectivity index (χ0) is 9.84. The topological polar surface area (TPSA) is 87.2 Å². The number of carboxylic acids is 1. The molecule has 4 N–H and O–H groups in total. The van der Waals surface area contributed by atoms with Crippen molar-refractivity contribution in [3.8, 4) is 0 Å². The lowest BCUT2D eigenvalue weighted by atomic mass is 10.0. The summed E-state index contributed by atoms with van der Waals surface area (Å²) in [6, 6.07) is 7.33. The van der Waals surface area contributed by atoms with Crippen LogP contribution < -0.4 is 5.73 Å². The first-order valence-electron chi connectivity index (χ1n) is 3.75. The normalized spacial score (nSPS) is 12.1. The number of carbonyl (C=O) groups is 1. The summed E-state index contributed by atoms with van der Waals surface area (Å²) in [4.78, 5) is 10.4. The monoisotopic (exact) mass is 178 g/mol. The molecule has 0 saturated heterocycles. The maximum atomic E-state index is 10.4. The van der Waals surface area contributed by atoms with Crippen LogP contribution in [0.4, 0.5) is 0 Å². The molecular weight excluding hydrogens is 168 g/mol. The molecular formula is C9H10N2O2. The van der Waals surface area contributed by atoms with Gasteiger partial charge in [0, 0.05) is 0 Å². The van der Waals surface area contributed by atoms with Crippen LogP contribution >= 0.6 is 0 Å². The standard InChI is InChI=1S/C9H10N2O2/c10-7(8(11)9(12)13)6-4-2-1-3-5-6/h1-5,8,10H,11H2,(H,12,13). The van der Waals surface area contributed by atoms with Crippen LogP contribution in [-0.2, 0) is 4.79 Å². The van der Waals surface area contributed by atoms with Crippen LogP contribution in [0.15, 0.2) is 30.3 Å². The molecule has 0 aliphatic rings. The Labute approximate surface area is 75.5 Å². The van der Waals surface area contributed by atoms with Gasteiger partial charge in [-0.1, -0.05) is 30.3 Å². The maximum Gasteiger partial charge on any atom is 0.326 e. The van der Waals surface area contributed by atoms with E-state index < -0.39 is 12.0 Å². The highest BCUT2D eigenvalue weighted by Gasteiger charge is 2.18. The van der Waals surface area contributed by atoms with Crippen molar-refractivity contribution in [3.63, 3.8) is 0 Å². The first-order valence-corrected chi connectivity index (χ1v) is 3.75. The van der Waals surface area contributed by atoms with Gasteiger partial charge >= 0.3 is 5.97 Å². The smallest absolute Gasteiger partial charge is 0.326 e. The number of nitrogens with one attached hydrogen (secondary N) is 1. The van der Waals surface area contributed by atoms with E-state index in [1.54, 1.807) is 30.3 Å². The van der Waals surface area contributed by atoms with E-state index in [2.05, 4.69) is 0 Å². The highest BCUT2D eigenvalue weighted by atomic mass is 16.4. The summed E-state index contributed by atoms with van der Waals surface area (Å²) in [6.45, 7) is 0. The minimum atomic E-state index is -1.25. The third kappa shape index (κ3) is 2.13. The maximum absolute atomic E-state index is 10.4. The van der Waals surface area contributed by atoms with E-state index in [9.17, 15) is 4.79 Å². The summed E-state index contributed by atoms with van der Waals surface area (Å²) >= 11 is 0. The lowest BCUT2D eigenvalue weighted by Crippen LogP contribution is -2.38. The Morgan fingerprint density at radius 3 is 2.38 bits per heavy atom. The summed E-state index contributed by atoms with van der Waals surface area (Å²) in [7, 11) is 0. The van der Waals surface area contributed by atoms with Crippen LogP contribution in [0.1, 0.15) is 5.56 Å². The second-order valence-corrected chi connectivity index (χ2v) is 2.60. The van der Waals surface area contributed by atoms with Gasteiger partial charge in [-0.2, -0.15) is 0 Å². The quantitative estimate of drug-likeness (QED) is 0.588. The molecule has 68 valence electrons. The Morgan fingerprint density at radius 2 is 1.92 bits per heavy atom. The van der Waals surface area contributed by atoms with Crippen LogP contribution in [0.5, 0.6) is 0 Å². The molecule has 0 saturated carbocycles. The Kier molecular flexibility index (Phi) is 2.76. The molecule has 4 nitrogen and oxygen atoms in total. The molecule has 0 fully saturated rings. The second-order valence-electron chi connectivity index (χ2n) is 2.60. The van der Waals surface area contributed by atoms with E-state index in [0.717, 1.165) is 0 Å². The zero-order valence-electron chi connectivity index (χ0n) is 6.90. The molecule has 1 rings (SSSR count). The van der Waals surface area contributed by atoms with E-state index in [0.29, 0.717) is 5.56 Å². The fraction of sp³-hybridized carbons (Fsp3) is 0.111. The molecule has 1 unspecified atom stereocenters. The van der Waals surface area contributed by atoms with Crippen molar-refractivity contribution in [2.45, 2.75) is 6.04 Å². The summed E-state index contributed by atoms with van der Waals surface area (Å²) < 4.78 is 0. The number of benzene rings is 1. The van der Waals surface area contributed by atoms with E-state index in [1.807, 2.05) is 0 Å². The van der Waals surface area contributed by atoms with Gasteiger partial charge in [-0.25, -0.2) is 0 Å². The molecule has 0 aliphatic heterocycles. The van der Waals surface area contributed by atoms with Crippen LogP contribution in [0.3, 0.4) is 0 Å². The average molecular weight is 178 g/mol. The number of nitrogens with two attached hydrogens (primary N) is 1. The summed E-state index contributed by atoms with van der Waals surface area (Å²) in [5, 5.41) is 16.0. The molecule has 1 aromatic rings. The number of hydrogen-bond donors (Lipinski definition) is 3. The van der Waals surface area contributed by atoms with Gasteiger partial charge in [0.25, 0.3) is 0 Å². The molecule has 0 aliphatic carbocycles. The lowest BCUT2D eigenvalue weighted by Gasteiger charge is -2.07. The second kappa shape index (κ2) is 3.82. The van der Waals surface area contributed by atoms with Crippen LogP contribution in [0.25, 0.3) is 0 Å². The molecule has 0 amide bonds. The van der Waals surface area contributed by atoms with Crippen molar-refractivity contribution < 1.29 is 9.90 Å². The van der Waals surface area contributed by atoms with Crippen LogP contribution in [-0.4, -0.2) is 22.8 Å². The third-order valence-electron chi connectivity index (χ3n) is 1.66. The van der Waals surface area contributed by atoms with Gasteiger partial charge in [-0.05, 0) is 5.56 Å². The van der Waals surface area contributed by atoms with E-state index in [1.165, 1.54) is 0 Å². The minimum absolute atomic E-state index is 0.0758. The van der Waals surface area contributed by atoms with Gasteiger partial charge in [-0.3, -0.25) is 4.79 Å². The van der Waals surface area contributed by atoms with Crippen molar-refractivity contribution in [1.82, 2.24) is 0 Å². The summed E-state index contributed by atoms with van der Waals surface area (Å²) in [5.74, 6) is -1.19. The summed E-state index contributed by atoms with van der Waals surface area (Å²) in [6.07, 6.45) is 0.